The van der Waals surface area contributed by atoms with Crippen LogP contribution in [-0.2, 0) is 0 Å². The first kappa shape index (κ1) is 20.8. The molecule has 0 unspecified atom stereocenters. The zero-order valence-corrected chi connectivity index (χ0v) is 17.4. The Balaban J connectivity index is 1.69. The van der Waals surface area contributed by atoms with E-state index in [0.29, 0.717) is 32.7 Å². The fraction of sp³-hybridized carbons (Fsp3) is 0. The van der Waals surface area contributed by atoms with Crippen molar-refractivity contribution in [3.63, 3.8) is 0 Å². The topological polar surface area (TPSA) is 54.0 Å². The van der Waals surface area contributed by atoms with Gasteiger partial charge in [0.05, 0.1) is 16.8 Å². The van der Waals surface area contributed by atoms with Crippen LogP contribution in [-0.4, -0.2) is 16.0 Å². The fourth-order valence-corrected chi connectivity index (χ4v) is 3.53. The number of para-hydroxylation sites is 2. The molecule has 3 aromatic carbocycles. The van der Waals surface area contributed by atoms with Crippen LogP contribution in [0.15, 0.2) is 72.8 Å². The summed E-state index contributed by atoms with van der Waals surface area (Å²) in [7, 11) is 0. The van der Waals surface area contributed by atoms with Crippen LogP contribution >= 0.6 is 23.8 Å². The number of carbonyl (C=O) groups excluding carboxylic acids is 1. The Hall–Kier alpha value is -3.42. The Kier molecular flexibility index (Phi) is 5.88. The van der Waals surface area contributed by atoms with E-state index in [-0.39, 0.29) is 5.11 Å². The van der Waals surface area contributed by atoms with Gasteiger partial charge in [-0.3, -0.25) is 10.1 Å². The van der Waals surface area contributed by atoms with Crippen molar-refractivity contribution in [2.45, 2.75) is 0 Å². The summed E-state index contributed by atoms with van der Waals surface area (Å²) in [5.41, 5.74) is 1.61. The van der Waals surface area contributed by atoms with Gasteiger partial charge in [-0.1, -0.05) is 54.1 Å². The summed E-state index contributed by atoms with van der Waals surface area (Å²) in [5.74, 6) is -2.21. The molecule has 0 aliphatic rings. The lowest BCUT2D eigenvalue weighted by atomic mass is 10.0. The molecule has 31 heavy (non-hydrogen) atoms. The van der Waals surface area contributed by atoms with Crippen LogP contribution < -0.4 is 10.6 Å². The van der Waals surface area contributed by atoms with Gasteiger partial charge in [0.15, 0.2) is 5.11 Å². The monoisotopic (exact) mass is 453 g/mol. The Bertz CT molecular complexity index is 1310. The van der Waals surface area contributed by atoms with Crippen molar-refractivity contribution in [2.75, 3.05) is 5.32 Å². The molecule has 8 heteroatoms. The van der Waals surface area contributed by atoms with E-state index in [1.165, 1.54) is 6.07 Å². The second kappa shape index (κ2) is 8.75. The van der Waals surface area contributed by atoms with E-state index in [2.05, 4.69) is 15.6 Å². The fourth-order valence-electron chi connectivity index (χ4n) is 3.10. The molecule has 0 spiro atoms. The van der Waals surface area contributed by atoms with E-state index >= 15 is 0 Å². The third kappa shape index (κ3) is 4.38. The van der Waals surface area contributed by atoms with Crippen molar-refractivity contribution in [3.8, 4) is 11.3 Å². The minimum Gasteiger partial charge on any atom is -0.328 e. The minimum atomic E-state index is -0.827. The second-order valence-corrected chi connectivity index (χ2v) is 7.37. The number of aromatic nitrogens is 1. The predicted molar refractivity (Wildman–Crippen MR) is 122 cm³/mol. The van der Waals surface area contributed by atoms with Gasteiger partial charge < -0.3 is 5.32 Å². The third-order valence-corrected chi connectivity index (χ3v) is 5.07. The lowest BCUT2D eigenvalue weighted by molar-refractivity contribution is 0.0979. The largest absolute Gasteiger partial charge is 0.328 e. The van der Waals surface area contributed by atoms with Crippen LogP contribution in [0.25, 0.3) is 22.2 Å². The highest BCUT2D eigenvalue weighted by molar-refractivity contribution is 7.80. The molecule has 4 aromatic rings. The first-order valence-corrected chi connectivity index (χ1v) is 9.93. The van der Waals surface area contributed by atoms with Crippen LogP contribution in [0.2, 0.25) is 5.02 Å². The number of hydrogen-bond donors (Lipinski definition) is 2. The summed E-state index contributed by atoms with van der Waals surface area (Å²) in [6, 6.07) is 19.3. The average Bonchev–Trinajstić information content (AvgIpc) is 2.76. The molecule has 0 aliphatic carbocycles. The summed E-state index contributed by atoms with van der Waals surface area (Å²) < 4.78 is 27.7. The molecule has 1 heterocycles. The van der Waals surface area contributed by atoms with E-state index in [1.807, 2.05) is 6.07 Å². The van der Waals surface area contributed by atoms with Crippen molar-refractivity contribution in [3.05, 3.63) is 95.0 Å². The van der Waals surface area contributed by atoms with Crippen molar-refractivity contribution < 1.29 is 13.6 Å². The summed E-state index contributed by atoms with van der Waals surface area (Å²) >= 11 is 11.4. The maximum Gasteiger partial charge on any atom is 0.258 e. The van der Waals surface area contributed by atoms with Crippen molar-refractivity contribution >= 4 is 51.4 Å². The summed E-state index contributed by atoms with van der Waals surface area (Å²) in [5, 5.41) is 5.71. The van der Waals surface area contributed by atoms with E-state index in [9.17, 15) is 13.6 Å². The highest BCUT2D eigenvalue weighted by Crippen LogP contribution is 2.29. The quantitative estimate of drug-likeness (QED) is 0.376. The van der Waals surface area contributed by atoms with Gasteiger partial charge in [0.2, 0.25) is 0 Å². The van der Waals surface area contributed by atoms with E-state index in [1.54, 1.807) is 48.5 Å². The number of pyridine rings is 1. The number of halogens is 3. The molecule has 154 valence electrons. The zero-order valence-electron chi connectivity index (χ0n) is 15.8. The summed E-state index contributed by atoms with van der Waals surface area (Å²) in [6.07, 6.45) is 0. The number of fused-ring (bicyclic) bond motifs is 1. The van der Waals surface area contributed by atoms with Gasteiger partial charge in [0.25, 0.3) is 5.91 Å². The highest BCUT2D eigenvalue weighted by atomic mass is 35.5. The molecule has 4 nitrogen and oxygen atoms in total. The van der Waals surface area contributed by atoms with Gasteiger partial charge in [-0.2, -0.15) is 0 Å². The molecule has 0 saturated heterocycles. The first-order chi connectivity index (χ1) is 14.9. The normalized spacial score (nSPS) is 10.7. The van der Waals surface area contributed by atoms with Crippen LogP contribution in [0.5, 0.6) is 0 Å². The standard InChI is InChI=1S/C23H14ClF2N3OS/c24-16-8-3-1-7-14(16)20-12-15(13-6-2-4-11-19(13)27-20)22(30)29-23(31)28-21-17(25)9-5-10-18(21)26/h1-12H,(H2,28,29,30,31). The molecule has 0 saturated carbocycles. The molecular weight excluding hydrogens is 440 g/mol. The van der Waals surface area contributed by atoms with Gasteiger partial charge in [-0.15, -0.1) is 0 Å². The van der Waals surface area contributed by atoms with E-state index in [4.69, 9.17) is 23.8 Å². The Morgan fingerprint density at radius 2 is 1.61 bits per heavy atom. The first-order valence-electron chi connectivity index (χ1n) is 9.15. The number of thiocarbonyl (C=S) groups is 1. The Morgan fingerprint density at radius 3 is 2.35 bits per heavy atom. The number of nitrogens with zero attached hydrogens (tertiary/aromatic N) is 1. The molecule has 2 N–H and O–H groups in total. The molecule has 0 radical (unpaired) electrons. The number of carbonyl (C=O) groups is 1. The van der Waals surface area contributed by atoms with Gasteiger partial charge in [0.1, 0.15) is 17.3 Å². The van der Waals surface area contributed by atoms with Crippen LogP contribution in [0.1, 0.15) is 10.4 Å². The van der Waals surface area contributed by atoms with Crippen LogP contribution in [0.3, 0.4) is 0 Å². The number of anilines is 1. The number of rotatable bonds is 3. The van der Waals surface area contributed by atoms with Gasteiger partial charge in [0, 0.05) is 16.0 Å². The number of amides is 1. The smallest absolute Gasteiger partial charge is 0.258 e. The van der Waals surface area contributed by atoms with Gasteiger partial charge in [-0.05, 0) is 42.5 Å². The summed E-state index contributed by atoms with van der Waals surface area (Å²) in [6.45, 7) is 0. The molecular formula is C23H14ClF2N3OS. The maximum absolute atomic E-state index is 13.9. The molecule has 0 bridgehead atoms. The van der Waals surface area contributed by atoms with Crippen LogP contribution in [0, 0.1) is 11.6 Å². The maximum atomic E-state index is 13.9. The van der Waals surface area contributed by atoms with Crippen molar-refractivity contribution in [1.82, 2.24) is 10.3 Å². The lowest BCUT2D eigenvalue weighted by Crippen LogP contribution is -2.34. The average molecular weight is 454 g/mol. The zero-order chi connectivity index (χ0) is 22.0. The van der Waals surface area contributed by atoms with E-state index in [0.717, 1.165) is 12.1 Å². The van der Waals surface area contributed by atoms with E-state index < -0.39 is 23.2 Å². The minimum absolute atomic E-state index is 0.241. The molecule has 4 rings (SSSR count). The second-order valence-electron chi connectivity index (χ2n) is 6.56. The molecule has 1 amide bonds. The SMILES string of the molecule is O=C(NC(=S)Nc1c(F)cccc1F)c1cc(-c2ccccc2Cl)nc2ccccc12. The predicted octanol–water partition coefficient (Wildman–Crippen LogP) is 5.96. The highest BCUT2D eigenvalue weighted by Gasteiger charge is 2.17. The molecule has 1 aromatic heterocycles. The Morgan fingerprint density at radius 1 is 0.935 bits per heavy atom. The third-order valence-electron chi connectivity index (χ3n) is 4.54. The molecule has 0 fully saturated rings. The number of nitrogens with one attached hydrogen (secondary N) is 2. The molecule has 0 atom stereocenters. The number of benzene rings is 3. The lowest BCUT2D eigenvalue weighted by Gasteiger charge is -2.13. The summed E-state index contributed by atoms with van der Waals surface area (Å²) in [4.78, 5) is 17.6. The van der Waals surface area contributed by atoms with Crippen molar-refractivity contribution in [2.24, 2.45) is 0 Å². The van der Waals surface area contributed by atoms with Gasteiger partial charge >= 0.3 is 0 Å². The Labute approximate surface area is 186 Å². The number of hydrogen-bond acceptors (Lipinski definition) is 3. The van der Waals surface area contributed by atoms with Crippen LogP contribution in [0.4, 0.5) is 14.5 Å². The molecule has 0 aliphatic heterocycles. The van der Waals surface area contributed by atoms with Gasteiger partial charge in [-0.25, -0.2) is 13.8 Å². The van der Waals surface area contributed by atoms with Crippen molar-refractivity contribution in [1.29, 1.82) is 0 Å².